The molecule has 0 unspecified atom stereocenters. The number of amides is 2. The first-order valence-corrected chi connectivity index (χ1v) is 9.16. The minimum atomic E-state index is -0.703. The molecule has 1 aromatic heterocycles. The van der Waals surface area contributed by atoms with Gasteiger partial charge in [0.2, 0.25) is 0 Å². The average Bonchev–Trinajstić information content (AvgIpc) is 3.17. The van der Waals surface area contributed by atoms with Gasteiger partial charge in [-0.15, -0.1) is 0 Å². The second-order valence-electron chi connectivity index (χ2n) is 6.27. The first kappa shape index (κ1) is 20.1. The van der Waals surface area contributed by atoms with Crippen molar-refractivity contribution in [1.82, 2.24) is 20.0 Å². The third kappa shape index (κ3) is 4.10. The number of nitrogens with zero attached hydrogens (tertiary/aromatic N) is 4. The minimum Gasteiger partial charge on any atom is -0.463 e. The second-order valence-corrected chi connectivity index (χ2v) is 6.27. The van der Waals surface area contributed by atoms with E-state index in [0.29, 0.717) is 12.2 Å². The van der Waals surface area contributed by atoms with Crippen LogP contribution in [-0.2, 0) is 16.1 Å². The van der Waals surface area contributed by atoms with Gasteiger partial charge in [-0.05, 0) is 19.4 Å². The maximum Gasteiger partial charge on any atom is 0.338 e. The van der Waals surface area contributed by atoms with E-state index in [1.54, 1.807) is 13.8 Å². The summed E-state index contributed by atoms with van der Waals surface area (Å²) in [5, 5.41) is 17.8. The summed E-state index contributed by atoms with van der Waals surface area (Å²) in [6, 6.07) is 8.01. The Balaban J connectivity index is 2.13. The zero-order valence-electron chi connectivity index (χ0n) is 16.1. The Morgan fingerprint density at radius 2 is 2.03 bits per heavy atom. The Morgan fingerprint density at radius 3 is 2.62 bits per heavy atom. The number of nitrogens with one attached hydrogen (secondary N) is 1. The lowest BCUT2D eigenvalue weighted by Crippen LogP contribution is -2.49. The maximum absolute atomic E-state index is 12.9. The van der Waals surface area contributed by atoms with Crippen LogP contribution in [0.2, 0.25) is 0 Å². The quantitative estimate of drug-likeness (QED) is 0.434. The lowest BCUT2D eigenvalue weighted by Gasteiger charge is -2.36. The first-order chi connectivity index (χ1) is 14.0. The van der Waals surface area contributed by atoms with Crippen molar-refractivity contribution in [3.05, 3.63) is 69.7 Å². The van der Waals surface area contributed by atoms with Crippen molar-refractivity contribution < 1.29 is 19.2 Å². The number of allylic oxidation sites excluding steroid dienone is 1. The van der Waals surface area contributed by atoms with E-state index in [0.717, 1.165) is 11.8 Å². The zero-order chi connectivity index (χ0) is 21.0. The molecule has 152 valence electrons. The van der Waals surface area contributed by atoms with E-state index < -0.39 is 16.9 Å². The zero-order valence-corrected chi connectivity index (χ0v) is 16.1. The first-order valence-electron chi connectivity index (χ1n) is 9.16. The fourth-order valence-electron chi connectivity index (χ4n) is 3.24. The molecular formula is C19H21N5O5. The van der Waals surface area contributed by atoms with Gasteiger partial charge in [-0.1, -0.05) is 30.3 Å². The maximum atomic E-state index is 12.9. The highest BCUT2D eigenvalue weighted by molar-refractivity contribution is 5.95. The Hall–Kier alpha value is -3.69. The number of ether oxygens (including phenoxy) is 1. The average molecular weight is 399 g/mol. The van der Waals surface area contributed by atoms with Crippen molar-refractivity contribution in [1.29, 1.82) is 0 Å². The SMILES string of the molecule is CCOC(=O)C1=C(Cn2cc([N+](=O)[O-])cn2)N(CC)C(=O)N[C@H]1c1ccccc1. The predicted octanol–water partition coefficient (Wildman–Crippen LogP) is 2.39. The molecule has 10 nitrogen and oxygen atoms in total. The Bertz CT molecular complexity index is 953. The lowest BCUT2D eigenvalue weighted by atomic mass is 9.94. The molecular weight excluding hydrogens is 378 g/mol. The highest BCUT2D eigenvalue weighted by Gasteiger charge is 2.37. The van der Waals surface area contributed by atoms with Crippen LogP contribution in [0.3, 0.4) is 0 Å². The van der Waals surface area contributed by atoms with E-state index in [1.807, 2.05) is 30.3 Å². The Kier molecular flexibility index (Phi) is 5.91. The molecule has 0 radical (unpaired) electrons. The molecule has 1 aliphatic rings. The fraction of sp³-hybridized carbons (Fsp3) is 0.316. The van der Waals surface area contributed by atoms with Crippen molar-refractivity contribution in [2.75, 3.05) is 13.2 Å². The molecule has 1 aromatic carbocycles. The van der Waals surface area contributed by atoms with Gasteiger partial charge in [0.1, 0.15) is 12.4 Å². The lowest BCUT2D eigenvalue weighted by molar-refractivity contribution is -0.385. The van der Waals surface area contributed by atoms with Gasteiger partial charge < -0.3 is 10.1 Å². The Morgan fingerprint density at radius 1 is 1.31 bits per heavy atom. The standard InChI is InChI=1S/C19H21N5O5/c1-3-23-15(12-22-11-14(10-20-22)24(27)28)16(18(25)29-4-2)17(21-19(23)26)13-8-6-5-7-9-13/h5-11,17H,3-4,12H2,1-2H3,(H,21,26)/t17-/m0/s1. The van der Waals surface area contributed by atoms with Crippen LogP contribution in [0.1, 0.15) is 25.5 Å². The number of nitro groups is 1. The number of carbonyl (C=O) groups is 2. The summed E-state index contributed by atoms with van der Waals surface area (Å²) in [6.07, 6.45) is 2.38. The molecule has 1 N–H and O–H groups in total. The monoisotopic (exact) mass is 399 g/mol. The molecule has 10 heteroatoms. The highest BCUT2D eigenvalue weighted by atomic mass is 16.6. The molecule has 0 aliphatic carbocycles. The minimum absolute atomic E-state index is 0.00653. The number of urea groups is 1. The topological polar surface area (TPSA) is 120 Å². The summed E-state index contributed by atoms with van der Waals surface area (Å²) in [7, 11) is 0. The van der Waals surface area contributed by atoms with Gasteiger partial charge in [0.15, 0.2) is 0 Å². The van der Waals surface area contributed by atoms with E-state index in [-0.39, 0.29) is 30.4 Å². The molecule has 0 bridgehead atoms. The van der Waals surface area contributed by atoms with Crippen LogP contribution < -0.4 is 5.32 Å². The molecule has 2 heterocycles. The number of benzene rings is 1. The normalized spacial score (nSPS) is 16.6. The Labute approximate surface area is 166 Å². The van der Waals surface area contributed by atoms with E-state index in [9.17, 15) is 19.7 Å². The molecule has 2 aromatic rings. The van der Waals surface area contributed by atoms with E-state index in [4.69, 9.17) is 4.74 Å². The molecule has 3 rings (SSSR count). The third-order valence-corrected chi connectivity index (χ3v) is 4.53. The summed E-state index contributed by atoms with van der Waals surface area (Å²) in [5.41, 5.74) is 1.22. The van der Waals surface area contributed by atoms with Gasteiger partial charge in [0, 0.05) is 6.54 Å². The van der Waals surface area contributed by atoms with Crippen LogP contribution in [0, 0.1) is 10.1 Å². The van der Waals surface area contributed by atoms with E-state index >= 15 is 0 Å². The number of esters is 1. The number of likely N-dealkylation sites (N-methyl/N-ethyl adjacent to an activating group) is 1. The highest BCUT2D eigenvalue weighted by Crippen LogP contribution is 2.32. The van der Waals surface area contributed by atoms with Crippen LogP contribution >= 0.6 is 0 Å². The van der Waals surface area contributed by atoms with Gasteiger partial charge in [-0.25, -0.2) is 9.59 Å². The molecule has 0 saturated heterocycles. The summed E-state index contributed by atoms with van der Waals surface area (Å²) < 4.78 is 6.59. The van der Waals surface area contributed by atoms with Gasteiger partial charge in [0.05, 0.1) is 35.4 Å². The molecule has 29 heavy (non-hydrogen) atoms. The molecule has 0 spiro atoms. The van der Waals surface area contributed by atoms with Crippen LogP contribution in [0.15, 0.2) is 54.0 Å². The van der Waals surface area contributed by atoms with Crippen LogP contribution in [0.25, 0.3) is 0 Å². The number of hydrogen-bond donors (Lipinski definition) is 1. The van der Waals surface area contributed by atoms with Crippen LogP contribution in [-0.4, -0.2) is 44.8 Å². The van der Waals surface area contributed by atoms with Crippen molar-refractivity contribution >= 4 is 17.7 Å². The molecule has 2 amide bonds. The summed E-state index contributed by atoms with van der Waals surface area (Å²) in [5.74, 6) is -0.559. The van der Waals surface area contributed by atoms with Gasteiger partial charge in [-0.2, -0.15) is 5.10 Å². The molecule has 0 fully saturated rings. The van der Waals surface area contributed by atoms with Crippen molar-refractivity contribution in [2.24, 2.45) is 0 Å². The summed E-state index contributed by atoms with van der Waals surface area (Å²) >= 11 is 0. The molecule has 1 aliphatic heterocycles. The summed E-state index contributed by atoms with van der Waals surface area (Å²) in [6.45, 7) is 3.95. The largest absolute Gasteiger partial charge is 0.463 e. The molecule has 1 atom stereocenters. The predicted molar refractivity (Wildman–Crippen MR) is 103 cm³/mol. The smallest absolute Gasteiger partial charge is 0.338 e. The van der Waals surface area contributed by atoms with Crippen molar-refractivity contribution in [3.8, 4) is 0 Å². The van der Waals surface area contributed by atoms with E-state index in [1.165, 1.54) is 15.8 Å². The number of hydrogen-bond acceptors (Lipinski definition) is 6. The third-order valence-electron chi connectivity index (χ3n) is 4.53. The molecule has 0 saturated carbocycles. The van der Waals surface area contributed by atoms with Gasteiger partial charge in [-0.3, -0.25) is 19.7 Å². The number of rotatable bonds is 7. The van der Waals surface area contributed by atoms with Crippen molar-refractivity contribution in [3.63, 3.8) is 0 Å². The van der Waals surface area contributed by atoms with Crippen LogP contribution in [0.5, 0.6) is 0 Å². The number of aromatic nitrogens is 2. The van der Waals surface area contributed by atoms with E-state index in [2.05, 4.69) is 10.4 Å². The van der Waals surface area contributed by atoms with Gasteiger partial charge >= 0.3 is 17.7 Å². The van der Waals surface area contributed by atoms with Crippen LogP contribution in [0.4, 0.5) is 10.5 Å². The van der Waals surface area contributed by atoms with Crippen molar-refractivity contribution in [2.45, 2.75) is 26.4 Å². The fourth-order valence-corrected chi connectivity index (χ4v) is 3.24. The second kappa shape index (κ2) is 8.55. The number of carbonyl (C=O) groups excluding carboxylic acids is 2. The summed E-state index contributed by atoms with van der Waals surface area (Å²) in [4.78, 5) is 37.4. The van der Waals surface area contributed by atoms with Gasteiger partial charge in [0.25, 0.3) is 0 Å².